The van der Waals surface area contributed by atoms with Crippen LogP contribution >= 0.6 is 0 Å². The molecule has 0 aliphatic carbocycles. The number of carbonyl (C=O) groups is 1. The molecule has 1 saturated heterocycles. The van der Waals surface area contributed by atoms with Gasteiger partial charge in [0.05, 0.1) is 11.0 Å². The van der Waals surface area contributed by atoms with Crippen LogP contribution in [0.15, 0.2) is 42.5 Å². The Morgan fingerprint density at radius 2 is 2.04 bits per heavy atom. The van der Waals surface area contributed by atoms with Crippen LogP contribution in [0.1, 0.15) is 28.8 Å². The van der Waals surface area contributed by atoms with Gasteiger partial charge < -0.3 is 15.4 Å². The highest BCUT2D eigenvalue weighted by Crippen LogP contribution is 2.26. The number of carbonyl (C=O) groups excluding carboxylic acids is 1. The van der Waals surface area contributed by atoms with Crippen LogP contribution in [0.2, 0.25) is 0 Å². The Morgan fingerprint density at radius 3 is 2.70 bits per heavy atom. The first kappa shape index (κ1) is 18.8. The molecule has 0 bridgehead atoms. The Balaban J connectivity index is 1.65. The minimum atomic E-state index is -0.519. The normalized spacial score (nSPS) is 16.1. The van der Waals surface area contributed by atoms with E-state index in [1.165, 1.54) is 30.3 Å². The Morgan fingerprint density at radius 1 is 1.26 bits per heavy atom. The lowest BCUT2D eigenvalue weighted by Gasteiger charge is -2.13. The summed E-state index contributed by atoms with van der Waals surface area (Å²) in [5.74, 6) is -0.792. The standard InChI is InChI=1S/C19H20FN3O4/c20-15-6-3-13(4-7-15)11-22-19(24)14-5-8-17(18(10-14)23(25)26)21-12-16-2-1-9-27-16/h3-8,10,16,21H,1-2,9,11-12H2,(H,22,24). The average molecular weight is 373 g/mol. The number of hydrogen-bond acceptors (Lipinski definition) is 5. The zero-order valence-electron chi connectivity index (χ0n) is 14.6. The highest BCUT2D eigenvalue weighted by Gasteiger charge is 2.20. The van der Waals surface area contributed by atoms with Gasteiger partial charge in [0, 0.05) is 31.3 Å². The molecule has 0 spiro atoms. The van der Waals surface area contributed by atoms with Crippen molar-refractivity contribution in [1.29, 1.82) is 0 Å². The van der Waals surface area contributed by atoms with Gasteiger partial charge in [-0.15, -0.1) is 0 Å². The number of amides is 1. The first-order valence-electron chi connectivity index (χ1n) is 8.69. The van der Waals surface area contributed by atoms with Gasteiger partial charge in [-0.25, -0.2) is 4.39 Å². The average Bonchev–Trinajstić information content (AvgIpc) is 3.19. The smallest absolute Gasteiger partial charge is 0.293 e. The van der Waals surface area contributed by atoms with Gasteiger partial charge in [0.15, 0.2) is 0 Å². The van der Waals surface area contributed by atoms with E-state index in [0.29, 0.717) is 18.8 Å². The molecule has 1 heterocycles. The zero-order valence-corrected chi connectivity index (χ0v) is 14.6. The van der Waals surface area contributed by atoms with Gasteiger partial charge in [0.25, 0.3) is 11.6 Å². The van der Waals surface area contributed by atoms with Crippen LogP contribution in [0.25, 0.3) is 0 Å². The molecular weight excluding hydrogens is 353 g/mol. The van der Waals surface area contributed by atoms with Crippen molar-refractivity contribution in [2.45, 2.75) is 25.5 Å². The molecule has 2 aromatic rings. The van der Waals surface area contributed by atoms with Crippen LogP contribution in [0.5, 0.6) is 0 Å². The van der Waals surface area contributed by atoms with Crippen molar-refractivity contribution in [3.8, 4) is 0 Å². The van der Waals surface area contributed by atoms with E-state index in [-0.39, 0.29) is 29.7 Å². The summed E-state index contributed by atoms with van der Waals surface area (Å²) in [6.45, 7) is 1.39. The molecule has 0 radical (unpaired) electrons. The van der Waals surface area contributed by atoms with Crippen LogP contribution < -0.4 is 10.6 Å². The van der Waals surface area contributed by atoms with E-state index in [4.69, 9.17) is 4.74 Å². The number of anilines is 1. The van der Waals surface area contributed by atoms with E-state index in [1.807, 2.05) is 0 Å². The molecule has 2 aromatic carbocycles. The van der Waals surface area contributed by atoms with Gasteiger partial charge in [0.2, 0.25) is 0 Å². The van der Waals surface area contributed by atoms with E-state index in [1.54, 1.807) is 12.1 Å². The van der Waals surface area contributed by atoms with Crippen molar-refractivity contribution >= 4 is 17.3 Å². The number of hydrogen-bond donors (Lipinski definition) is 2. The molecule has 1 aliphatic rings. The Hall–Kier alpha value is -3.00. The first-order valence-corrected chi connectivity index (χ1v) is 8.69. The number of benzene rings is 2. The number of nitrogens with zero attached hydrogens (tertiary/aromatic N) is 1. The fourth-order valence-electron chi connectivity index (χ4n) is 2.89. The second kappa shape index (κ2) is 8.59. The van der Waals surface area contributed by atoms with Gasteiger partial charge >= 0.3 is 0 Å². The molecule has 2 N–H and O–H groups in total. The number of halogens is 1. The third-order valence-electron chi connectivity index (χ3n) is 4.37. The molecule has 8 heteroatoms. The monoisotopic (exact) mass is 373 g/mol. The Labute approximate surface area is 155 Å². The maximum absolute atomic E-state index is 12.9. The predicted molar refractivity (Wildman–Crippen MR) is 98.1 cm³/mol. The minimum Gasteiger partial charge on any atom is -0.377 e. The number of nitrogens with one attached hydrogen (secondary N) is 2. The second-order valence-electron chi connectivity index (χ2n) is 6.31. The zero-order chi connectivity index (χ0) is 19.2. The molecule has 7 nitrogen and oxygen atoms in total. The van der Waals surface area contributed by atoms with Crippen LogP contribution in [0.4, 0.5) is 15.8 Å². The molecule has 0 aromatic heterocycles. The summed E-state index contributed by atoms with van der Waals surface area (Å²) in [7, 11) is 0. The van der Waals surface area contributed by atoms with E-state index in [0.717, 1.165) is 18.4 Å². The van der Waals surface area contributed by atoms with E-state index >= 15 is 0 Å². The summed E-state index contributed by atoms with van der Waals surface area (Å²) >= 11 is 0. The summed E-state index contributed by atoms with van der Waals surface area (Å²) in [5, 5.41) is 17.1. The maximum Gasteiger partial charge on any atom is 0.293 e. The minimum absolute atomic E-state index is 0.0447. The lowest BCUT2D eigenvalue weighted by atomic mass is 10.1. The highest BCUT2D eigenvalue weighted by atomic mass is 19.1. The van der Waals surface area contributed by atoms with Crippen LogP contribution in [0.3, 0.4) is 0 Å². The third-order valence-corrected chi connectivity index (χ3v) is 4.37. The van der Waals surface area contributed by atoms with Gasteiger partial charge in [-0.1, -0.05) is 12.1 Å². The third kappa shape index (κ3) is 5.01. The summed E-state index contributed by atoms with van der Waals surface area (Å²) < 4.78 is 18.4. The van der Waals surface area contributed by atoms with Crippen molar-refractivity contribution in [2.24, 2.45) is 0 Å². The second-order valence-corrected chi connectivity index (χ2v) is 6.31. The Kier molecular flexibility index (Phi) is 5.97. The number of nitro benzene ring substituents is 1. The van der Waals surface area contributed by atoms with Crippen molar-refractivity contribution < 1.29 is 18.8 Å². The molecule has 1 atom stereocenters. The summed E-state index contributed by atoms with van der Waals surface area (Å²) in [6, 6.07) is 10.1. The van der Waals surface area contributed by atoms with Crippen LogP contribution in [-0.4, -0.2) is 30.1 Å². The van der Waals surface area contributed by atoms with E-state index in [9.17, 15) is 19.3 Å². The number of nitro groups is 1. The van der Waals surface area contributed by atoms with Crippen molar-refractivity contribution in [1.82, 2.24) is 5.32 Å². The lowest BCUT2D eigenvalue weighted by molar-refractivity contribution is -0.384. The van der Waals surface area contributed by atoms with Crippen molar-refractivity contribution in [3.63, 3.8) is 0 Å². The van der Waals surface area contributed by atoms with Crippen molar-refractivity contribution in [2.75, 3.05) is 18.5 Å². The molecule has 1 fully saturated rings. The van der Waals surface area contributed by atoms with Gasteiger partial charge in [-0.05, 0) is 42.7 Å². The highest BCUT2D eigenvalue weighted by molar-refractivity contribution is 5.95. The SMILES string of the molecule is O=C(NCc1ccc(F)cc1)c1ccc(NCC2CCCO2)c([N+](=O)[O-])c1. The van der Waals surface area contributed by atoms with Gasteiger partial charge in [-0.2, -0.15) is 0 Å². The molecule has 1 amide bonds. The molecule has 1 aliphatic heterocycles. The molecular formula is C19H20FN3O4. The van der Waals surface area contributed by atoms with Crippen LogP contribution in [0, 0.1) is 15.9 Å². The summed E-state index contributed by atoms with van der Waals surface area (Å²) in [6.07, 6.45) is 1.95. The largest absolute Gasteiger partial charge is 0.377 e. The molecule has 1 unspecified atom stereocenters. The number of ether oxygens (including phenoxy) is 1. The predicted octanol–water partition coefficient (Wildman–Crippen LogP) is 3.25. The molecule has 3 rings (SSSR count). The Bertz CT molecular complexity index is 820. The first-order chi connectivity index (χ1) is 13.0. The lowest BCUT2D eigenvalue weighted by Crippen LogP contribution is -2.23. The maximum atomic E-state index is 12.9. The van der Waals surface area contributed by atoms with E-state index < -0.39 is 10.8 Å². The molecule has 0 saturated carbocycles. The molecule has 142 valence electrons. The fraction of sp³-hybridized carbons (Fsp3) is 0.316. The topological polar surface area (TPSA) is 93.5 Å². The summed E-state index contributed by atoms with van der Waals surface area (Å²) in [4.78, 5) is 23.1. The van der Waals surface area contributed by atoms with Crippen LogP contribution in [-0.2, 0) is 11.3 Å². The van der Waals surface area contributed by atoms with E-state index in [2.05, 4.69) is 10.6 Å². The van der Waals surface area contributed by atoms with Crippen molar-refractivity contribution in [3.05, 3.63) is 69.5 Å². The van der Waals surface area contributed by atoms with Gasteiger partial charge in [0.1, 0.15) is 11.5 Å². The summed E-state index contributed by atoms with van der Waals surface area (Å²) in [5.41, 5.74) is 1.11. The molecule has 27 heavy (non-hydrogen) atoms. The fourth-order valence-corrected chi connectivity index (χ4v) is 2.89. The van der Waals surface area contributed by atoms with Gasteiger partial charge in [-0.3, -0.25) is 14.9 Å². The number of rotatable bonds is 7. The quantitative estimate of drug-likeness (QED) is 0.574.